The van der Waals surface area contributed by atoms with Crippen LogP contribution in [0.25, 0.3) is 5.52 Å². The molecule has 0 amide bonds. The number of anilines is 2. The molecular weight excluding hydrogens is 252 g/mol. The van der Waals surface area contributed by atoms with Gasteiger partial charge in [-0.3, -0.25) is 5.41 Å². The number of nitrogens with one attached hydrogen (secondary N) is 2. The second-order valence-corrected chi connectivity index (χ2v) is 5.38. The molecule has 1 saturated carbocycles. The van der Waals surface area contributed by atoms with Crippen LogP contribution in [0.1, 0.15) is 37.7 Å². The highest BCUT2D eigenvalue weighted by atomic mass is 15.3. The third-order valence-corrected chi connectivity index (χ3v) is 3.96. The largest absolute Gasteiger partial charge is 0.384 e. The molecule has 2 heterocycles. The molecule has 6 N–H and O–H groups in total. The third-order valence-electron chi connectivity index (χ3n) is 3.96. The van der Waals surface area contributed by atoms with Crippen molar-refractivity contribution in [1.29, 1.82) is 5.41 Å². The lowest BCUT2D eigenvalue weighted by molar-refractivity contribution is 0.463. The molecule has 6 nitrogen and oxygen atoms in total. The average molecular weight is 272 g/mol. The van der Waals surface area contributed by atoms with E-state index in [1.165, 1.54) is 19.3 Å². The Balaban J connectivity index is 2.04. The zero-order chi connectivity index (χ0) is 14.1. The first-order valence-electron chi connectivity index (χ1n) is 7.04. The van der Waals surface area contributed by atoms with E-state index in [4.69, 9.17) is 16.9 Å². The van der Waals surface area contributed by atoms with Gasteiger partial charge in [-0.2, -0.15) is 5.10 Å². The van der Waals surface area contributed by atoms with E-state index in [2.05, 4.69) is 10.4 Å². The van der Waals surface area contributed by atoms with Gasteiger partial charge in [0, 0.05) is 6.04 Å². The minimum atomic E-state index is 0.0260. The third kappa shape index (κ3) is 2.17. The van der Waals surface area contributed by atoms with E-state index in [0.717, 1.165) is 24.0 Å². The summed E-state index contributed by atoms with van der Waals surface area (Å²) in [4.78, 5) is 0. The molecule has 6 heteroatoms. The van der Waals surface area contributed by atoms with Crippen molar-refractivity contribution in [3.05, 3.63) is 23.9 Å². The summed E-state index contributed by atoms with van der Waals surface area (Å²) >= 11 is 0. The van der Waals surface area contributed by atoms with Gasteiger partial charge in [0.25, 0.3) is 0 Å². The second-order valence-electron chi connectivity index (χ2n) is 5.38. The Morgan fingerprint density at radius 1 is 1.30 bits per heavy atom. The lowest BCUT2D eigenvalue weighted by Crippen LogP contribution is -2.25. The fourth-order valence-corrected chi connectivity index (χ4v) is 2.89. The maximum Gasteiger partial charge on any atom is 0.126 e. The van der Waals surface area contributed by atoms with Crippen LogP contribution >= 0.6 is 0 Å². The molecule has 2 aromatic rings. The van der Waals surface area contributed by atoms with Gasteiger partial charge in [-0.15, -0.1) is 0 Å². The van der Waals surface area contributed by atoms with Gasteiger partial charge in [0.1, 0.15) is 11.7 Å². The topological polar surface area (TPSA) is 105 Å². The van der Waals surface area contributed by atoms with Crippen molar-refractivity contribution >= 4 is 22.9 Å². The van der Waals surface area contributed by atoms with Gasteiger partial charge in [0.05, 0.1) is 23.0 Å². The first kappa shape index (κ1) is 12.8. The van der Waals surface area contributed by atoms with Crippen LogP contribution in [-0.2, 0) is 0 Å². The van der Waals surface area contributed by atoms with Gasteiger partial charge in [-0.1, -0.05) is 19.3 Å². The maximum absolute atomic E-state index is 7.73. The lowest BCUT2D eigenvalue weighted by Gasteiger charge is -2.25. The summed E-state index contributed by atoms with van der Waals surface area (Å²) in [7, 11) is 0. The Morgan fingerprint density at radius 3 is 2.75 bits per heavy atom. The molecule has 1 aliphatic rings. The minimum Gasteiger partial charge on any atom is -0.384 e. The molecular formula is C14H20N6. The summed E-state index contributed by atoms with van der Waals surface area (Å²) in [5, 5.41) is 15.5. The first-order valence-corrected chi connectivity index (χ1v) is 7.04. The Hall–Kier alpha value is -2.24. The van der Waals surface area contributed by atoms with Crippen molar-refractivity contribution in [1.82, 2.24) is 9.61 Å². The summed E-state index contributed by atoms with van der Waals surface area (Å²) in [6, 6.07) is 4.17. The van der Waals surface area contributed by atoms with Crippen LogP contribution in [0.3, 0.4) is 0 Å². The summed E-state index contributed by atoms with van der Waals surface area (Å²) in [5.41, 5.74) is 14.0. The monoisotopic (exact) mass is 272 g/mol. The maximum atomic E-state index is 7.73. The van der Waals surface area contributed by atoms with Crippen molar-refractivity contribution in [2.45, 2.75) is 38.1 Å². The van der Waals surface area contributed by atoms with Crippen molar-refractivity contribution in [2.24, 2.45) is 5.73 Å². The van der Waals surface area contributed by atoms with E-state index in [-0.39, 0.29) is 5.84 Å². The molecule has 3 rings (SSSR count). The molecule has 20 heavy (non-hydrogen) atoms. The van der Waals surface area contributed by atoms with E-state index in [0.29, 0.717) is 17.4 Å². The highest BCUT2D eigenvalue weighted by molar-refractivity contribution is 6.03. The van der Waals surface area contributed by atoms with Gasteiger partial charge < -0.3 is 16.8 Å². The molecule has 0 saturated heterocycles. The molecule has 0 aromatic carbocycles. The van der Waals surface area contributed by atoms with Gasteiger partial charge in [-0.05, 0) is 25.0 Å². The SMILES string of the molecule is N=C(N)c1cnn2c(N)ccc2c1NC1CCCCC1. The van der Waals surface area contributed by atoms with Crippen LogP contribution in [0.15, 0.2) is 18.3 Å². The van der Waals surface area contributed by atoms with Gasteiger partial charge in [0.15, 0.2) is 0 Å². The molecule has 0 radical (unpaired) electrons. The van der Waals surface area contributed by atoms with Crippen molar-refractivity contribution in [3.63, 3.8) is 0 Å². The summed E-state index contributed by atoms with van der Waals surface area (Å²) < 4.78 is 1.68. The van der Waals surface area contributed by atoms with E-state index >= 15 is 0 Å². The van der Waals surface area contributed by atoms with E-state index in [9.17, 15) is 0 Å². The highest BCUT2D eigenvalue weighted by Gasteiger charge is 2.18. The highest BCUT2D eigenvalue weighted by Crippen LogP contribution is 2.28. The van der Waals surface area contributed by atoms with Gasteiger partial charge in [-0.25, -0.2) is 4.52 Å². The van der Waals surface area contributed by atoms with Crippen molar-refractivity contribution < 1.29 is 0 Å². The van der Waals surface area contributed by atoms with E-state index in [1.807, 2.05) is 12.1 Å². The lowest BCUT2D eigenvalue weighted by atomic mass is 9.95. The molecule has 0 unspecified atom stereocenters. The Labute approximate surface area is 117 Å². The average Bonchev–Trinajstić information content (AvgIpc) is 2.82. The smallest absolute Gasteiger partial charge is 0.126 e. The molecule has 0 atom stereocenters. The molecule has 2 aromatic heterocycles. The van der Waals surface area contributed by atoms with E-state index < -0.39 is 0 Å². The number of nitrogens with zero attached hydrogens (tertiary/aromatic N) is 2. The number of nitrogens with two attached hydrogens (primary N) is 2. The predicted molar refractivity (Wildman–Crippen MR) is 81.1 cm³/mol. The number of nitrogen functional groups attached to an aromatic ring is 2. The van der Waals surface area contributed by atoms with Crippen LogP contribution in [0.2, 0.25) is 0 Å². The number of hydrogen-bond donors (Lipinski definition) is 4. The number of hydrogen-bond acceptors (Lipinski definition) is 4. The predicted octanol–water partition coefficient (Wildman–Crippen LogP) is 1.95. The standard InChI is InChI=1S/C14H20N6/c15-12-7-6-11-13(19-9-4-2-1-3-5-9)10(14(16)17)8-18-20(11)12/h6-9,19H,1-5,15H2,(H3,16,17). The van der Waals surface area contributed by atoms with Crippen LogP contribution in [0.5, 0.6) is 0 Å². The first-order chi connectivity index (χ1) is 9.66. The number of aromatic nitrogens is 2. The second kappa shape index (κ2) is 5.03. The fraction of sp³-hybridized carbons (Fsp3) is 0.429. The van der Waals surface area contributed by atoms with Gasteiger partial charge >= 0.3 is 0 Å². The number of amidine groups is 1. The van der Waals surface area contributed by atoms with Crippen LogP contribution in [0, 0.1) is 5.41 Å². The number of rotatable bonds is 3. The molecule has 0 spiro atoms. The molecule has 1 fully saturated rings. The molecule has 106 valence electrons. The van der Waals surface area contributed by atoms with Crippen molar-refractivity contribution in [3.8, 4) is 0 Å². The van der Waals surface area contributed by atoms with Crippen LogP contribution in [-0.4, -0.2) is 21.5 Å². The van der Waals surface area contributed by atoms with E-state index in [1.54, 1.807) is 10.7 Å². The Morgan fingerprint density at radius 2 is 2.05 bits per heavy atom. The zero-order valence-corrected chi connectivity index (χ0v) is 11.4. The normalized spacial score (nSPS) is 16.4. The fourth-order valence-electron chi connectivity index (χ4n) is 2.89. The minimum absolute atomic E-state index is 0.0260. The van der Waals surface area contributed by atoms with Crippen LogP contribution in [0.4, 0.5) is 11.5 Å². The summed E-state index contributed by atoms with van der Waals surface area (Å²) in [6.45, 7) is 0. The van der Waals surface area contributed by atoms with Gasteiger partial charge in [0.2, 0.25) is 0 Å². The zero-order valence-electron chi connectivity index (χ0n) is 11.4. The summed E-state index contributed by atoms with van der Waals surface area (Å²) in [5.74, 6) is 0.611. The number of fused-ring (bicyclic) bond motifs is 1. The van der Waals surface area contributed by atoms with Crippen LogP contribution < -0.4 is 16.8 Å². The Kier molecular flexibility index (Phi) is 3.22. The molecule has 1 aliphatic carbocycles. The quantitative estimate of drug-likeness (QED) is 0.506. The van der Waals surface area contributed by atoms with Crippen molar-refractivity contribution in [2.75, 3.05) is 11.1 Å². The summed E-state index contributed by atoms with van der Waals surface area (Å²) in [6.07, 6.45) is 7.72. The molecule has 0 aliphatic heterocycles. The Bertz CT molecular complexity index is 638. The molecule has 0 bridgehead atoms.